The minimum absolute atomic E-state index is 0.0920. The van der Waals surface area contributed by atoms with Crippen molar-refractivity contribution in [2.24, 2.45) is 0 Å². The molecular formula is C21H22N4O3S. The Morgan fingerprint density at radius 3 is 2.59 bits per heavy atom. The molecule has 3 N–H and O–H groups in total. The maximum Gasteiger partial charge on any atom is 0.325 e. The van der Waals surface area contributed by atoms with Gasteiger partial charge in [-0.2, -0.15) is 0 Å². The molecule has 0 saturated carbocycles. The van der Waals surface area contributed by atoms with Gasteiger partial charge in [-0.1, -0.05) is 18.2 Å². The van der Waals surface area contributed by atoms with Crippen LogP contribution in [0.1, 0.15) is 16.8 Å². The van der Waals surface area contributed by atoms with Gasteiger partial charge in [0, 0.05) is 11.1 Å². The number of rotatable bonds is 6. The van der Waals surface area contributed by atoms with Crippen LogP contribution in [0.15, 0.2) is 47.8 Å². The maximum atomic E-state index is 12.3. The summed E-state index contributed by atoms with van der Waals surface area (Å²) in [7, 11) is 1.56. The van der Waals surface area contributed by atoms with Gasteiger partial charge in [0.15, 0.2) is 5.13 Å². The molecule has 8 heteroatoms. The predicted octanol–water partition coefficient (Wildman–Crippen LogP) is 4.59. The molecule has 0 bridgehead atoms. The average Bonchev–Trinajstić information content (AvgIpc) is 3.09. The van der Waals surface area contributed by atoms with Crippen molar-refractivity contribution >= 4 is 39.8 Å². The largest absolute Gasteiger partial charge is 0.495 e. The molecule has 0 radical (unpaired) electrons. The van der Waals surface area contributed by atoms with Crippen LogP contribution >= 0.6 is 11.3 Å². The van der Waals surface area contributed by atoms with Gasteiger partial charge in [0.25, 0.3) is 0 Å². The Kier molecular flexibility index (Phi) is 6.46. The number of carbonyl (C=O) groups excluding carboxylic acids is 2. The van der Waals surface area contributed by atoms with Crippen LogP contribution in [-0.4, -0.2) is 24.0 Å². The van der Waals surface area contributed by atoms with Crippen molar-refractivity contribution in [3.05, 3.63) is 64.7 Å². The van der Waals surface area contributed by atoms with Gasteiger partial charge >= 0.3 is 6.03 Å². The summed E-state index contributed by atoms with van der Waals surface area (Å²) < 4.78 is 5.30. The lowest BCUT2D eigenvalue weighted by Gasteiger charge is -2.10. The molecule has 3 aromatic rings. The summed E-state index contributed by atoms with van der Waals surface area (Å²) in [5, 5.41) is 10.4. The number of aryl methyl sites for hydroxylation is 2. The first kappa shape index (κ1) is 20.3. The third-order valence-electron chi connectivity index (χ3n) is 4.02. The highest BCUT2D eigenvalue weighted by Gasteiger charge is 2.12. The molecule has 0 saturated heterocycles. The molecule has 0 unspecified atom stereocenters. The van der Waals surface area contributed by atoms with Crippen molar-refractivity contribution in [3.63, 3.8) is 0 Å². The minimum Gasteiger partial charge on any atom is -0.495 e. The van der Waals surface area contributed by atoms with E-state index in [-0.39, 0.29) is 18.4 Å². The Balaban J connectivity index is 1.56. The van der Waals surface area contributed by atoms with Crippen LogP contribution in [0.3, 0.4) is 0 Å². The number of hydrogen-bond acceptors (Lipinski definition) is 5. The fourth-order valence-electron chi connectivity index (χ4n) is 2.69. The van der Waals surface area contributed by atoms with Gasteiger partial charge < -0.3 is 15.4 Å². The van der Waals surface area contributed by atoms with Gasteiger partial charge in [-0.3, -0.25) is 10.1 Å². The van der Waals surface area contributed by atoms with E-state index in [0.717, 1.165) is 11.1 Å². The van der Waals surface area contributed by atoms with Gasteiger partial charge in [0.05, 0.1) is 24.9 Å². The van der Waals surface area contributed by atoms with Gasteiger partial charge in [-0.15, -0.1) is 11.3 Å². The Bertz CT molecular complexity index is 1030. The average molecular weight is 410 g/mol. The molecule has 0 aliphatic rings. The van der Waals surface area contributed by atoms with Crippen LogP contribution < -0.4 is 20.7 Å². The topological polar surface area (TPSA) is 92.4 Å². The number of hydrogen-bond donors (Lipinski definition) is 3. The summed E-state index contributed by atoms with van der Waals surface area (Å²) in [4.78, 5) is 28.8. The van der Waals surface area contributed by atoms with E-state index in [1.165, 1.54) is 11.3 Å². The number of benzene rings is 2. The fourth-order valence-corrected chi connectivity index (χ4v) is 3.39. The maximum absolute atomic E-state index is 12.3. The van der Waals surface area contributed by atoms with Crippen LogP contribution in [0.2, 0.25) is 0 Å². The summed E-state index contributed by atoms with van der Waals surface area (Å²) in [5.41, 5.74) is 3.97. The number of urea groups is 1. The van der Waals surface area contributed by atoms with E-state index in [0.29, 0.717) is 27.9 Å². The zero-order chi connectivity index (χ0) is 20.8. The third kappa shape index (κ3) is 5.79. The summed E-state index contributed by atoms with van der Waals surface area (Å²) in [6.45, 7) is 3.90. The SMILES string of the molecule is COc1cc(C)ccc1NC(=O)Cc1csc(NC(=O)Nc2cccc(C)c2)n1. The second kappa shape index (κ2) is 9.20. The highest BCUT2D eigenvalue weighted by molar-refractivity contribution is 7.14. The molecule has 1 heterocycles. The first-order chi connectivity index (χ1) is 13.9. The molecule has 0 atom stereocenters. The summed E-state index contributed by atoms with van der Waals surface area (Å²) >= 11 is 1.26. The first-order valence-electron chi connectivity index (χ1n) is 8.96. The van der Waals surface area contributed by atoms with E-state index in [2.05, 4.69) is 20.9 Å². The fraction of sp³-hybridized carbons (Fsp3) is 0.190. The lowest BCUT2D eigenvalue weighted by atomic mass is 10.2. The zero-order valence-corrected chi connectivity index (χ0v) is 17.2. The lowest BCUT2D eigenvalue weighted by molar-refractivity contribution is -0.115. The molecular weight excluding hydrogens is 388 g/mol. The predicted molar refractivity (Wildman–Crippen MR) is 116 cm³/mol. The van der Waals surface area contributed by atoms with Crippen molar-refractivity contribution in [2.45, 2.75) is 20.3 Å². The second-order valence-corrected chi connectivity index (χ2v) is 7.38. The molecule has 3 amide bonds. The normalized spacial score (nSPS) is 10.3. The van der Waals surface area contributed by atoms with Crippen LogP contribution in [0, 0.1) is 13.8 Å². The molecule has 150 valence electrons. The first-order valence-corrected chi connectivity index (χ1v) is 9.84. The van der Waals surface area contributed by atoms with E-state index in [1.807, 2.05) is 50.2 Å². The highest BCUT2D eigenvalue weighted by Crippen LogP contribution is 2.25. The second-order valence-electron chi connectivity index (χ2n) is 6.52. The number of amides is 3. The van der Waals surface area contributed by atoms with Crippen LogP contribution in [0.25, 0.3) is 0 Å². The van der Waals surface area contributed by atoms with Crippen LogP contribution in [-0.2, 0) is 11.2 Å². The molecule has 0 spiro atoms. The zero-order valence-electron chi connectivity index (χ0n) is 16.4. The Hall–Kier alpha value is -3.39. The van der Waals surface area contributed by atoms with Crippen molar-refractivity contribution in [2.75, 3.05) is 23.1 Å². The molecule has 0 aliphatic carbocycles. The Morgan fingerprint density at radius 2 is 1.83 bits per heavy atom. The lowest BCUT2D eigenvalue weighted by Crippen LogP contribution is -2.19. The van der Waals surface area contributed by atoms with Crippen LogP contribution in [0.4, 0.5) is 21.3 Å². The molecule has 1 aromatic heterocycles. The Morgan fingerprint density at radius 1 is 1.03 bits per heavy atom. The smallest absolute Gasteiger partial charge is 0.325 e. The number of aromatic nitrogens is 1. The van der Waals surface area contributed by atoms with E-state index >= 15 is 0 Å². The van der Waals surface area contributed by atoms with Gasteiger partial charge in [-0.05, 0) is 49.2 Å². The number of methoxy groups -OCH3 is 1. The number of nitrogens with zero attached hydrogens (tertiary/aromatic N) is 1. The quantitative estimate of drug-likeness (QED) is 0.554. The summed E-state index contributed by atoms with van der Waals surface area (Å²) in [5.74, 6) is 0.389. The van der Waals surface area contributed by atoms with Gasteiger partial charge in [-0.25, -0.2) is 9.78 Å². The number of anilines is 3. The van der Waals surface area contributed by atoms with Crippen LogP contribution in [0.5, 0.6) is 5.75 Å². The highest BCUT2D eigenvalue weighted by atomic mass is 32.1. The van der Waals surface area contributed by atoms with Crippen molar-refractivity contribution in [3.8, 4) is 5.75 Å². The van der Waals surface area contributed by atoms with Crippen molar-refractivity contribution < 1.29 is 14.3 Å². The summed E-state index contributed by atoms with van der Waals surface area (Å²) in [6, 6.07) is 12.7. The van der Waals surface area contributed by atoms with Crippen molar-refractivity contribution in [1.29, 1.82) is 0 Å². The van der Waals surface area contributed by atoms with Gasteiger partial charge in [0.2, 0.25) is 5.91 Å². The van der Waals surface area contributed by atoms with E-state index in [4.69, 9.17) is 4.74 Å². The molecule has 7 nitrogen and oxygen atoms in total. The standard InChI is InChI=1S/C21H22N4O3S/c1-13-5-4-6-15(9-13)22-20(27)25-21-23-16(12-29-21)11-19(26)24-17-8-7-14(2)10-18(17)28-3/h4-10,12H,11H2,1-3H3,(H,24,26)(H2,22,23,25,27). The molecule has 3 rings (SSSR count). The monoisotopic (exact) mass is 410 g/mol. The number of nitrogens with one attached hydrogen (secondary N) is 3. The van der Waals surface area contributed by atoms with E-state index in [1.54, 1.807) is 18.6 Å². The van der Waals surface area contributed by atoms with E-state index < -0.39 is 0 Å². The molecule has 0 aliphatic heterocycles. The minimum atomic E-state index is -0.384. The number of ether oxygens (including phenoxy) is 1. The number of thiazole rings is 1. The Labute approximate surface area is 173 Å². The van der Waals surface area contributed by atoms with Gasteiger partial charge in [0.1, 0.15) is 5.75 Å². The third-order valence-corrected chi connectivity index (χ3v) is 4.83. The van der Waals surface area contributed by atoms with Crippen molar-refractivity contribution in [1.82, 2.24) is 4.98 Å². The summed E-state index contributed by atoms with van der Waals surface area (Å²) in [6.07, 6.45) is 0.0920. The molecule has 0 fully saturated rings. The number of carbonyl (C=O) groups is 2. The molecule has 29 heavy (non-hydrogen) atoms. The molecule has 2 aromatic carbocycles. The van der Waals surface area contributed by atoms with E-state index in [9.17, 15) is 9.59 Å².